The van der Waals surface area contributed by atoms with Crippen molar-refractivity contribution in [1.82, 2.24) is 15.0 Å². The second-order valence-electron chi connectivity index (χ2n) is 12.4. The Bertz CT molecular complexity index is 2440. The molecule has 10 rings (SSSR count). The van der Waals surface area contributed by atoms with Crippen molar-refractivity contribution in [2.75, 3.05) is 0 Å². The standard InChI is InChI=1S/C44H27N3O/c1-3-14-29(15-4-1)41-45-42(30-16-5-2-6-17-30)47-43(46-41)31-23-25-33-37(27-31)44(36-26-24-28-13-7-8-18-32(28)40(33)36)34-19-9-11-21-38(34)48-39-22-12-10-20-35(39)44/h1-27H. The van der Waals surface area contributed by atoms with E-state index in [4.69, 9.17) is 19.7 Å². The highest BCUT2D eigenvalue weighted by molar-refractivity contribution is 6.05. The topological polar surface area (TPSA) is 47.9 Å². The minimum atomic E-state index is -0.603. The molecule has 0 fully saturated rings. The van der Waals surface area contributed by atoms with Crippen molar-refractivity contribution in [3.8, 4) is 56.8 Å². The van der Waals surface area contributed by atoms with Crippen LogP contribution in [0.2, 0.25) is 0 Å². The third kappa shape index (κ3) is 3.80. The second kappa shape index (κ2) is 10.3. The molecule has 0 atom stereocenters. The van der Waals surface area contributed by atoms with Gasteiger partial charge < -0.3 is 4.74 Å². The van der Waals surface area contributed by atoms with Crippen LogP contribution in [-0.2, 0) is 5.41 Å². The van der Waals surface area contributed by atoms with Crippen molar-refractivity contribution < 1.29 is 4.74 Å². The van der Waals surface area contributed by atoms with E-state index in [1.165, 1.54) is 33.0 Å². The van der Waals surface area contributed by atoms with Gasteiger partial charge in [-0.3, -0.25) is 0 Å². The average molecular weight is 614 g/mol. The normalized spacial score (nSPS) is 13.3. The largest absolute Gasteiger partial charge is 0.457 e. The Morgan fingerprint density at radius 1 is 0.396 bits per heavy atom. The number of benzene rings is 7. The van der Waals surface area contributed by atoms with Crippen LogP contribution in [0.1, 0.15) is 22.3 Å². The van der Waals surface area contributed by atoms with Gasteiger partial charge in [-0.05, 0) is 51.2 Å². The summed E-state index contributed by atoms with van der Waals surface area (Å²) in [7, 11) is 0. The summed E-state index contributed by atoms with van der Waals surface area (Å²) in [6.07, 6.45) is 0. The molecule has 7 aromatic carbocycles. The van der Waals surface area contributed by atoms with Gasteiger partial charge in [-0.15, -0.1) is 0 Å². The zero-order valence-corrected chi connectivity index (χ0v) is 25.8. The first-order valence-corrected chi connectivity index (χ1v) is 16.2. The summed E-state index contributed by atoms with van der Waals surface area (Å²) in [5.74, 6) is 3.66. The van der Waals surface area contributed by atoms with Gasteiger partial charge in [-0.2, -0.15) is 0 Å². The third-order valence-electron chi connectivity index (χ3n) is 9.79. The van der Waals surface area contributed by atoms with E-state index in [1.807, 2.05) is 60.7 Å². The SMILES string of the molecule is c1ccc(-c2nc(-c3ccccc3)nc(-c3ccc4c(c3)C3(c5ccccc5Oc5ccccc53)c3ccc5ccccc5c3-4)n2)cc1. The van der Waals surface area contributed by atoms with E-state index in [1.54, 1.807) is 0 Å². The minimum Gasteiger partial charge on any atom is -0.457 e. The quantitative estimate of drug-likeness (QED) is 0.199. The van der Waals surface area contributed by atoms with Crippen LogP contribution in [0.4, 0.5) is 0 Å². The third-order valence-corrected chi connectivity index (χ3v) is 9.79. The molecule has 0 unspecified atom stereocenters. The van der Waals surface area contributed by atoms with Gasteiger partial charge in [0.2, 0.25) is 0 Å². The van der Waals surface area contributed by atoms with Crippen LogP contribution in [0, 0.1) is 0 Å². The maximum Gasteiger partial charge on any atom is 0.164 e. The van der Waals surface area contributed by atoms with E-state index in [-0.39, 0.29) is 0 Å². The van der Waals surface area contributed by atoms with Crippen LogP contribution in [-0.4, -0.2) is 15.0 Å². The number of para-hydroxylation sites is 2. The van der Waals surface area contributed by atoms with Gasteiger partial charge in [0.1, 0.15) is 11.5 Å². The summed E-state index contributed by atoms with van der Waals surface area (Å²) in [6, 6.07) is 57.2. The fraction of sp³-hybridized carbons (Fsp3) is 0.0227. The molecule has 1 aromatic heterocycles. The molecule has 4 heteroatoms. The lowest BCUT2D eigenvalue weighted by Crippen LogP contribution is -2.32. The molecule has 0 saturated carbocycles. The van der Waals surface area contributed by atoms with Crippen LogP contribution in [0.5, 0.6) is 11.5 Å². The number of fused-ring (bicyclic) bond motifs is 11. The monoisotopic (exact) mass is 613 g/mol. The Labute approximate surface area is 278 Å². The molecule has 1 aliphatic heterocycles. The lowest BCUT2D eigenvalue weighted by atomic mass is 9.66. The smallest absolute Gasteiger partial charge is 0.164 e. The molecule has 0 saturated heterocycles. The molecule has 8 aromatic rings. The van der Waals surface area contributed by atoms with E-state index in [0.29, 0.717) is 17.5 Å². The molecule has 0 bridgehead atoms. The van der Waals surface area contributed by atoms with Gasteiger partial charge in [-0.1, -0.05) is 146 Å². The molecule has 2 aliphatic rings. The molecule has 0 N–H and O–H groups in total. The zero-order chi connectivity index (χ0) is 31.7. The van der Waals surface area contributed by atoms with E-state index >= 15 is 0 Å². The molecular formula is C44H27N3O. The summed E-state index contributed by atoms with van der Waals surface area (Å²) in [5.41, 5.74) is 9.38. The molecule has 48 heavy (non-hydrogen) atoms. The lowest BCUT2D eigenvalue weighted by Gasteiger charge is -2.39. The fourth-order valence-electron chi connectivity index (χ4n) is 7.74. The molecular weight excluding hydrogens is 587 g/mol. The number of aromatic nitrogens is 3. The molecule has 224 valence electrons. The maximum absolute atomic E-state index is 6.59. The van der Waals surface area contributed by atoms with E-state index in [0.717, 1.165) is 39.3 Å². The summed E-state index contributed by atoms with van der Waals surface area (Å²) < 4.78 is 6.59. The van der Waals surface area contributed by atoms with Crippen LogP contribution in [0.25, 0.3) is 56.1 Å². The maximum atomic E-state index is 6.59. The highest BCUT2D eigenvalue weighted by atomic mass is 16.5. The Balaban J connectivity index is 1.29. The van der Waals surface area contributed by atoms with Crippen LogP contribution >= 0.6 is 0 Å². The minimum absolute atomic E-state index is 0.603. The molecule has 0 amide bonds. The van der Waals surface area contributed by atoms with Crippen LogP contribution in [0.3, 0.4) is 0 Å². The zero-order valence-electron chi connectivity index (χ0n) is 25.8. The lowest BCUT2D eigenvalue weighted by molar-refractivity contribution is 0.436. The summed E-state index contributed by atoms with van der Waals surface area (Å²) >= 11 is 0. The first kappa shape index (κ1) is 26.8. The van der Waals surface area contributed by atoms with Gasteiger partial charge in [-0.25, -0.2) is 15.0 Å². The molecule has 2 heterocycles. The first-order chi connectivity index (χ1) is 23.8. The summed E-state index contributed by atoms with van der Waals surface area (Å²) in [5, 5.41) is 2.45. The van der Waals surface area contributed by atoms with Crippen molar-refractivity contribution in [3.63, 3.8) is 0 Å². The van der Waals surface area contributed by atoms with Crippen molar-refractivity contribution in [2.45, 2.75) is 5.41 Å². The number of rotatable bonds is 3. The van der Waals surface area contributed by atoms with Crippen molar-refractivity contribution in [2.24, 2.45) is 0 Å². The average Bonchev–Trinajstić information content (AvgIpc) is 3.46. The Morgan fingerprint density at radius 2 is 0.938 bits per heavy atom. The van der Waals surface area contributed by atoms with Crippen molar-refractivity contribution >= 4 is 10.8 Å². The van der Waals surface area contributed by atoms with Crippen LogP contribution in [0.15, 0.2) is 164 Å². The molecule has 1 aliphatic carbocycles. The number of ether oxygens (including phenoxy) is 1. The Hall–Kier alpha value is -6.39. The number of nitrogens with zero attached hydrogens (tertiary/aromatic N) is 3. The van der Waals surface area contributed by atoms with Crippen molar-refractivity contribution in [3.05, 3.63) is 186 Å². The van der Waals surface area contributed by atoms with Gasteiger partial charge >= 0.3 is 0 Å². The van der Waals surface area contributed by atoms with E-state index in [2.05, 4.69) is 103 Å². The second-order valence-corrected chi connectivity index (χ2v) is 12.4. The van der Waals surface area contributed by atoms with E-state index in [9.17, 15) is 0 Å². The molecule has 0 radical (unpaired) electrons. The van der Waals surface area contributed by atoms with Gasteiger partial charge in [0.25, 0.3) is 0 Å². The van der Waals surface area contributed by atoms with E-state index < -0.39 is 5.41 Å². The Morgan fingerprint density at radius 3 is 1.58 bits per heavy atom. The first-order valence-electron chi connectivity index (χ1n) is 16.2. The molecule has 4 nitrogen and oxygen atoms in total. The fourth-order valence-corrected chi connectivity index (χ4v) is 7.74. The van der Waals surface area contributed by atoms with Gasteiger partial charge in [0.05, 0.1) is 5.41 Å². The predicted molar refractivity (Wildman–Crippen MR) is 191 cm³/mol. The number of hydrogen-bond acceptors (Lipinski definition) is 4. The highest BCUT2D eigenvalue weighted by Crippen LogP contribution is 2.63. The van der Waals surface area contributed by atoms with Gasteiger partial charge in [0.15, 0.2) is 17.5 Å². The number of hydrogen-bond donors (Lipinski definition) is 0. The highest BCUT2D eigenvalue weighted by Gasteiger charge is 2.51. The summed E-state index contributed by atoms with van der Waals surface area (Å²) in [4.78, 5) is 15.1. The van der Waals surface area contributed by atoms with Crippen LogP contribution < -0.4 is 4.74 Å². The van der Waals surface area contributed by atoms with Crippen molar-refractivity contribution in [1.29, 1.82) is 0 Å². The summed E-state index contributed by atoms with van der Waals surface area (Å²) in [6.45, 7) is 0. The Kier molecular flexibility index (Phi) is 5.75. The predicted octanol–water partition coefficient (Wildman–Crippen LogP) is 10.5. The molecule has 1 spiro atoms. The van der Waals surface area contributed by atoms with Gasteiger partial charge in [0, 0.05) is 27.8 Å².